The molecule has 0 unspecified atom stereocenters. The molecule has 1 fully saturated rings. The van der Waals surface area contributed by atoms with E-state index < -0.39 is 30.7 Å². The molecule has 10 heteroatoms. The van der Waals surface area contributed by atoms with E-state index in [0.717, 1.165) is 4.88 Å². The van der Waals surface area contributed by atoms with Gasteiger partial charge in [-0.05, 0) is 6.07 Å². The first-order valence-electron chi connectivity index (χ1n) is 6.51. The quantitative estimate of drug-likeness (QED) is 0.489. The standard InChI is InChI=1S/C13H14F2N4O3S/c14-10(15)6-2-9(19(4-6)13(21)22)12(20)18-3-8-1-7(5-23-8)11(16)17/h1,5,9H,2-4H2,(H3,16,17)(H,18,20)(H,21,22)/t9-/m0/s1. The number of nitrogens with one attached hydrogen (secondary N) is 2. The number of hydrogen-bond donors (Lipinski definition) is 4. The van der Waals surface area contributed by atoms with Gasteiger partial charge in [0.25, 0.3) is 6.08 Å². The molecule has 23 heavy (non-hydrogen) atoms. The van der Waals surface area contributed by atoms with Gasteiger partial charge in [-0.3, -0.25) is 15.1 Å². The van der Waals surface area contributed by atoms with E-state index in [1.165, 1.54) is 11.3 Å². The molecule has 124 valence electrons. The van der Waals surface area contributed by atoms with Crippen molar-refractivity contribution in [1.29, 1.82) is 5.41 Å². The van der Waals surface area contributed by atoms with Crippen LogP contribution in [-0.4, -0.2) is 40.4 Å². The first-order chi connectivity index (χ1) is 10.8. The van der Waals surface area contributed by atoms with Crippen molar-refractivity contribution in [3.63, 3.8) is 0 Å². The van der Waals surface area contributed by atoms with Gasteiger partial charge in [-0.1, -0.05) is 0 Å². The molecule has 2 rings (SSSR count). The SMILES string of the molecule is N=C(N)c1csc(CNC(=O)[C@@H]2CC(=C(F)F)CN2C(=O)O)c1. The van der Waals surface area contributed by atoms with Gasteiger partial charge in [0, 0.05) is 27.8 Å². The van der Waals surface area contributed by atoms with Crippen molar-refractivity contribution in [2.45, 2.75) is 19.0 Å². The summed E-state index contributed by atoms with van der Waals surface area (Å²) in [6.07, 6.45) is -3.68. The fraction of sp³-hybridized carbons (Fsp3) is 0.308. The highest BCUT2D eigenvalue weighted by molar-refractivity contribution is 7.10. The van der Waals surface area contributed by atoms with Crippen LogP contribution in [0.4, 0.5) is 13.6 Å². The summed E-state index contributed by atoms with van der Waals surface area (Å²) in [7, 11) is 0. The van der Waals surface area contributed by atoms with Gasteiger partial charge >= 0.3 is 6.09 Å². The van der Waals surface area contributed by atoms with E-state index in [4.69, 9.17) is 16.2 Å². The predicted molar refractivity (Wildman–Crippen MR) is 79.6 cm³/mol. The summed E-state index contributed by atoms with van der Waals surface area (Å²) < 4.78 is 25.3. The zero-order valence-electron chi connectivity index (χ0n) is 11.8. The Hall–Kier alpha value is -2.49. The van der Waals surface area contributed by atoms with E-state index in [2.05, 4.69) is 5.32 Å². The van der Waals surface area contributed by atoms with Crippen molar-refractivity contribution >= 4 is 29.2 Å². The smallest absolute Gasteiger partial charge is 0.408 e. The summed E-state index contributed by atoms with van der Waals surface area (Å²) in [6.45, 7) is -0.360. The van der Waals surface area contributed by atoms with Crippen LogP contribution in [-0.2, 0) is 11.3 Å². The maximum Gasteiger partial charge on any atom is 0.408 e. The van der Waals surface area contributed by atoms with E-state index in [1.54, 1.807) is 11.4 Å². The number of nitrogens with two attached hydrogens (primary N) is 1. The van der Waals surface area contributed by atoms with E-state index in [0.29, 0.717) is 10.5 Å². The molecule has 0 bridgehead atoms. The van der Waals surface area contributed by atoms with Crippen molar-refractivity contribution in [2.75, 3.05) is 6.54 Å². The Morgan fingerprint density at radius 2 is 2.22 bits per heavy atom. The van der Waals surface area contributed by atoms with Gasteiger partial charge in [0.15, 0.2) is 0 Å². The van der Waals surface area contributed by atoms with Crippen LogP contribution >= 0.6 is 11.3 Å². The zero-order chi connectivity index (χ0) is 17.1. The number of rotatable bonds is 4. The number of carbonyl (C=O) groups excluding carboxylic acids is 1. The van der Waals surface area contributed by atoms with E-state index in [-0.39, 0.29) is 24.4 Å². The predicted octanol–water partition coefficient (Wildman–Crippen LogP) is 1.55. The van der Waals surface area contributed by atoms with Gasteiger partial charge in [-0.2, -0.15) is 8.78 Å². The number of carbonyl (C=O) groups is 2. The molecular weight excluding hydrogens is 330 g/mol. The van der Waals surface area contributed by atoms with Gasteiger partial charge in [0.2, 0.25) is 5.91 Å². The Kier molecular flexibility index (Phi) is 4.94. The maximum atomic E-state index is 12.6. The van der Waals surface area contributed by atoms with E-state index >= 15 is 0 Å². The Morgan fingerprint density at radius 1 is 1.52 bits per heavy atom. The van der Waals surface area contributed by atoms with Gasteiger partial charge in [0.1, 0.15) is 11.9 Å². The molecule has 2 heterocycles. The fourth-order valence-corrected chi connectivity index (χ4v) is 3.03. The van der Waals surface area contributed by atoms with Crippen molar-refractivity contribution in [3.05, 3.63) is 33.5 Å². The normalized spacial score (nSPS) is 17.2. The monoisotopic (exact) mass is 344 g/mol. The molecule has 1 saturated heterocycles. The fourth-order valence-electron chi connectivity index (χ4n) is 2.20. The highest BCUT2D eigenvalue weighted by Crippen LogP contribution is 2.27. The Bertz CT molecular complexity index is 685. The molecule has 1 aliphatic rings. The molecule has 1 aromatic heterocycles. The Morgan fingerprint density at radius 3 is 2.74 bits per heavy atom. The van der Waals surface area contributed by atoms with E-state index in [9.17, 15) is 18.4 Å². The summed E-state index contributed by atoms with van der Waals surface area (Å²) in [5, 5.41) is 20.5. The molecular formula is C13H14F2N4O3S. The number of likely N-dealkylation sites (tertiary alicyclic amines) is 1. The van der Waals surface area contributed by atoms with Crippen LogP contribution in [0.5, 0.6) is 0 Å². The van der Waals surface area contributed by atoms with Gasteiger partial charge < -0.3 is 16.2 Å². The lowest BCUT2D eigenvalue weighted by molar-refractivity contribution is -0.125. The molecule has 0 spiro atoms. The summed E-state index contributed by atoms with van der Waals surface area (Å²) in [4.78, 5) is 24.6. The average Bonchev–Trinajstić information content (AvgIpc) is 3.11. The molecule has 0 saturated carbocycles. The Balaban J connectivity index is 2.02. The van der Waals surface area contributed by atoms with Crippen LogP contribution in [0.3, 0.4) is 0 Å². The largest absolute Gasteiger partial charge is 0.465 e. The van der Waals surface area contributed by atoms with Crippen LogP contribution < -0.4 is 11.1 Å². The summed E-state index contributed by atoms with van der Waals surface area (Å²) >= 11 is 1.28. The molecule has 0 aliphatic carbocycles. The van der Waals surface area contributed by atoms with Crippen LogP contribution in [0.15, 0.2) is 23.1 Å². The average molecular weight is 344 g/mol. The lowest BCUT2D eigenvalue weighted by Crippen LogP contribution is -2.45. The second-order valence-corrected chi connectivity index (χ2v) is 5.92. The summed E-state index contributed by atoms with van der Waals surface area (Å²) in [6, 6.07) is 0.458. The number of amides is 2. The molecule has 1 aliphatic heterocycles. The first kappa shape index (κ1) is 16.9. The van der Waals surface area contributed by atoms with Gasteiger partial charge in [-0.25, -0.2) is 4.79 Å². The number of hydrogen-bond acceptors (Lipinski definition) is 4. The number of thiophene rings is 1. The number of halogens is 2. The summed E-state index contributed by atoms with van der Waals surface area (Å²) in [5.74, 6) is -0.735. The third-order valence-electron chi connectivity index (χ3n) is 3.39. The molecule has 5 N–H and O–H groups in total. The second-order valence-electron chi connectivity index (χ2n) is 4.93. The highest BCUT2D eigenvalue weighted by atomic mass is 32.1. The lowest BCUT2D eigenvalue weighted by Gasteiger charge is -2.19. The highest BCUT2D eigenvalue weighted by Gasteiger charge is 2.38. The Labute approximate surface area is 133 Å². The minimum atomic E-state index is -1.95. The zero-order valence-corrected chi connectivity index (χ0v) is 12.6. The number of nitrogen functional groups attached to an aromatic ring is 1. The molecule has 1 aromatic rings. The van der Waals surface area contributed by atoms with Crippen molar-refractivity contribution in [2.24, 2.45) is 5.73 Å². The van der Waals surface area contributed by atoms with Gasteiger partial charge in [-0.15, -0.1) is 11.3 Å². The number of carboxylic acid groups (broad SMARTS) is 1. The van der Waals surface area contributed by atoms with Crippen molar-refractivity contribution < 1.29 is 23.5 Å². The summed E-state index contributed by atoms with van der Waals surface area (Å²) in [5.41, 5.74) is 5.51. The number of amidine groups is 1. The van der Waals surface area contributed by atoms with Gasteiger partial charge in [0.05, 0.1) is 13.1 Å². The third kappa shape index (κ3) is 3.83. The minimum Gasteiger partial charge on any atom is -0.465 e. The van der Waals surface area contributed by atoms with E-state index in [1.807, 2.05) is 0 Å². The van der Waals surface area contributed by atoms with Crippen LogP contribution in [0, 0.1) is 5.41 Å². The topological polar surface area (TPSA) is 120 Å². The molecule has 1 atom stereocenters. The molecule has 0 radical (unpaired) electrons. The first-order valence-corrected chi connectivity index (χ1v) is 7.39. The van der Waals surface area contributed by atoms with Crippen LogP contribution in [0.2, 0.25) is 0 Å². The lowest BCUT2D eigenvalue weighted by atomic mass is 10.1. The molecule has 0 aromatic carbocycles. The van der Waals surface area contributed by atoms with Crippen molar-refractivity contribution in [3.8, 4) is 0 Å². The molecule has 2 amide bonds. The van der Waals surface area contributed by atoms with Crippen molar-refractivity contribution in [1.82, 2.24) is 10.2 Å². The number of nitrogens with zero attached hydrogens (tertiary/aromatic N) is 1. The third-order valence-corrected chi connectivity index (χ3v) is 4.33. The maximum absolute atomic E-state index is 12.6. The van der Waals surface area contributed by atoms with Crippen LogP contribution in [0.1, 0.15) is 16.9 Å². The minimum absolute atomic E-state index is 0.0973. The molecule has 7 nitrogen and oxygen atoms in total. The second kappa shape index (κ2) is 6.73. The van der Waals surface area contributed by atoms with Crippen LogP contribution in [0.25, 0.3) is 0 Å².